The van der Waals surface area contributed by atoms with Crippen molar-refractivity contribution in [1.82, 2.24) is 10.6 Å². The first-order valence-electron chi connectivity index (χ1n) is 9.85. The summed E-state index contributed by atoms with van der Waals surface area (Å²) in [7, 11) is 1.55. The Balaban J connectivity index is 1.60. The Hall–Kier alpha value is -3.23. The zero-order chi connectivity index (χ0) is 22.9. The van der Waals surface area contributed by atoms with E-state index >= 15 is 0 Å². The Morgan fingerprint density at radius 2 is 1.69 bits per heavy atom. The smallest absolute Gasteiger partial charge is 0.257 e. The fraction of sp³-hybridized carbons (Fsp3) is 0.125. The summed E-state index contributed by atoms with van der Waals surface area (Å²) in [6.45, 7) is 0.505. The minimum Gasteiger partial charge on any atom is -0.496 e. The van der Waals surface area contributed by atoms with Gasteiger partial charge in [-0.05, 0) is 70.5 Å². The van der Waals surface area contributed by atoms with Gasteiger partial charge in [-0.15, -0.1) is 0 Å². The van der Waals surface area contributed by atoms with Gasteiger partial charge in [0.05, 0.1) is 22.8 Å². The second kappa shape index (κ2) is 11.4. The van der Waals surface area contributed by atoms with Gasteiger partial charge in [0.15, 0.2) is 5.11 Å². The third kappa shape index (κ3) is 6.38. The van der Waals surface area contributed by atoms with E-state index in [2.05, 4.69) is 31.9 Å². The molecule has 164 valence electrons. The summed E-state index contributed by atoms with van der Waals surface area (Å²) in [5, 5.41) is 8.58. The Morgan fingerprint density at radius 3 is 2.41 bits per heavy atom. The number of carbonyl (C=O) groups is 2. The quantitative estimate of drug-likeness (QED) is 0.405. The molecule has 2 amide bonds. The third-order valence-corrected chi connectivity index (χ3v) is 5.43. The van der Waals surface area contributed by atoms with E-state index < -0.39 is 0 Å². The maximum absolute atomic E-state index is 12.7. The van der Waals surface area contributed by atoms with E-state index in [9.17, 15) is 9.59 Å². The van der Waals surface area contributed by atoms with Gasteiger partial charge in [-0.1, -0.05) is 42.5 Å². The number of nitrogens with one attached hydrogen (secondary N) is 3. The van der Waals surface area contributed by atoms with E-state index in [0.29, 0.717) is 33.6 Å². The molecule has 32 heavy (non-hydrogen) atoms. The van der Waals surface area contributed by atoms with Crippen molar-refractivity contribution in [3.63, 3.8) is 0 Å². The van der Waals surface area contributed by atoms with Crippen molar-refractivity contribution >= 4 is 50.8 Å². The maximum Gasteiger partial charge on any atom is 0.257 e. The van der Waals surface area contributed by atoms with Crippen LogP contribution in [0.25, 0.3) is 0 Å². The fourth-order valence-corrected chi connectivity index (χ4v) is 3.73. The first-order chi connectivity index (χ1) is 15.5. The van der Waals surface area contributed by atoms with Gasteiger partial charge >= 0.3 is 0 Å². The van der Waals surface area contributed by atoms with E-state index in [-0.39, 0.29) is 16.9 Å². The molecule has 6 nitrogen and oxygen atoms in total. The minimum atomic E-state index is -0.379. The highest BCUT2D eigenvalue weighted by atomic mass is 79.9. The number of rotatable bonds is 7. The van der Waals surface area contributed by atoms with Crippen LogP contribution in [0.15, 0.2) is 77.3 Å². The molecule has 0 aliphatic rings. The van der Waals surface area contributed by atoms with Crippen molar-refractivity contribution in [3.05, 3.63) is 94.0 Å². The van der Waals surface area contributed by atoms with E-state index in [1.807, 2.05) is 30.3 Å². The molecule has 3 aromatic carbocycles. The van der Waals surface area contributed by atoms with E-state index in [1.165, 1.54) is 0 Å². The van der Waals surface area contributed by atoms with Crippen LogP contribution in [-0.2, 0) is 6.42 Å². The summed E-state index contributed by atoms with van der Waals surface area (Å²) < 4.78 is 5.83. The average Bonchev–Trinajstić information content (AvgIpc) is 2.80. The van der Waals surface area contributed by atoms with Crippen LogP contribution in [0.1, 0.15) is 26.3 Å². The van der Waals surface area contributed by atoms with Gasteiger partial charge in [-0.2, -0.15) is 0 Å². The lowest BCUT2D eigenvalue weighted by Crippen LogP contribution is -2.35. The first-order valence-corrected chi connectivity index (χ1v) is 11.0. The molecule has 3 rings (SSSR count). The second-order valence-corrected chi connectivity index (χ2v) is 8.06. The Morgan fingerprint density at radius 1 is 0.969 bits per heavy atom. The highest BCUT2D eigenvalue weighted by molar-refractivity contribution is 9.10. The van der Waals surface area contributed by atoms with Crippen molar-refractivity contribution < 1.29 is 14.3 Å². The molecule has 0 saturated carbocycles. The summed E-state index contributed by atoms with van der Waals surface area (Å²) in [5.41, 5.74) is 2.50. The van der Waals surface area contributed by atoms with Crippen molar-refractivity contribution in [2.75, 3.05) is 19.0 Å². The highest BCUT2D eigenvalue weighted by Crippen LogP contribution is 2.25. The zero-order valence-corrected chi connectivity index (χ0v) is 19.8. The molecule has 0 saturated heterocycles. The lowest BCUT2D eigenvalue weighted by atomic mass is 10.1. The average molecular weight is 512 g/mol. The normalized spacial score (nSPS) is 10.2. The molecule has 0 spiro atoms. The number of anilines is 1. The summed E-state index contributed by atoms with van der Waals surface area (Å²) in [6.07, 6.45) is 0.730. The predicted octanol–water partition coefficient (Wildman–Crippen LogP) is 4.56. The molecule has 0 bridgehead atoms. The molecule has 8 heteroatoms. The first kappa shape index (κ1) is 23.4. The third-order valence-electron chi connectivity index (χ3n) is 4.60. The van der Waals surface area contributed by atoms with Crippen LogP contribution in [-0.4, -0.2) is 30.6 Å². The number of para-hydroxylation sites is 1. The van der Waals surface area contributed by atoms with Crippen LogP contribution >= 0.6 is 28.1 Å². The van der Waals surface area contributed by atoms with Crippen LogP contribution in [0.2, 0.25) is 0 Å². The van der Waals surface area contributed by atoms with Crippen LogP contribution in [0.3, 0.4) is 0 Å². The molecule has 0 aliphatic heterocycles. The zero-order valence-electron chi connectivity index (χ0n) is 17.4. The van der Waals surface area contributed by atoms with Gasteiger partial charge in [-0.3, -0.25) is 14.9 Å². The number of halogens is 1. The van der Waals surface area contributed by atoms with Crippen LogP contribution in [0.4, 0.5) is 5.69 Å². The number of carbonyl (C=O) groups excluding carboxylic acids is 2. The Labute approximate surface area is 200 Å². The van der Waals surface area contributed by atoms with Crippen LogP contribution in [0.5, 0.6) is 5.75 Å². The predicted molar refractivity (Wildman–Crippen MR) is 133 cm³/mol. The maximum atomic E-state index is 12.7. The molecule has 0 unspecified atom stereocenters. The van der Waals surface area contributed by atoms with Crippen LogP contribution < -0.4 is 20.7 Å². The molecule has 0 fully saturated rings. The largest absolute Gasteiger partial charge is 0.496 e. The molecule has 0 aliphatic carbocycles. The molecule has 3 N–H and O–H groups in total. The van der Waals surface area contributed by atoms with E-state index in [0.717, 1.165) is 12.0 Å². The number of methoxy groups -OCH3 is 1. The minimum absolute atomic E-state index is 0.0893. The molecule has 0 aromatic heterocycles. The monoisotopic (exact) mass is 511 g/mol. The van der Waals surface area contributed by atoms with Gasteiger partial charge in [0.2, 0.25) is 0 Å². The van der Waals surface area contributed by atoms with E-state index in [1.54, 1.807) is 49.6 Å². The molecular weight excluding hydrogens is 490 g/mol. The number of ether oxygens (including phenoxy) is 1. The molecular formula is C24H22BrN3O3S. The van der Waals surface area contributed by atoms with Crippen molar-refractivity contribution in [3.8, 4) is 5.75 Å². The lowest BCUT2D eigenvalue weighted by molar-refractivity contribution is 0.0953. The highest BCUT2D eigenvalue weighted by Gasteiger charge is 2.14. The number of thiocarbonyl (C=S) groups is 1. The summed E-state index contributed by atoms with van der Waals surface area (Å²) >= 11 is 8.64. The Bertz CT molecular complexity index is 1120. The SMILES string of the molecule is COc1ccc(C(=O)NC(=S)Nc2ccccc2C(=O)NCCc2ccccc2)cc1Br. The number of hydrogen-bond acceptors (Lipinski definition) is 4. The van der Waals surface area contributed by atoms with Crippen molar-refractivity contribution in [2.24, 2.45) is 0 Å². The summed E-state index contributed by atoms with van der Waals surface area (Å²) in [5.74, 6) is 0.0161. The van der Waals surface area contributed by atoms with Gasteiger partial charge in [0.25, 0.3) is 11.8 Å². The fourth-order valence-electron chi connectivity index (χ4n) is 2.99. The number of amides is 2. The number of benzene rings is 3. The van der Waals surface area contributed by atoms with Gasteiger partial charge in [0, 0.05) is 12.1 Å². The molecule has 3 aromatic rings. The summed E-state index contributed by atoms with van der Waals surface area (Å²) in [4.78, 5) is 25.2. The van der Waals surface area contributed by atoms with E-state index in [4.69, 9.17) is 17.0 Å². The second-order valence-electron chi connectivity index (χ2n) is 6.79. The molecule has 0 atom stereocenters. The van der Waals surface area contributed by atoms with Crippen LogP contribution in [0, 0.1) is 0 Å². The molecule has 0 heterocycles. The topological polar surface area (TPSA) is 79.5 Å². The van der Waals surface area contributed by atoms with Crippen molar-refractivity contribution in [1.29, 1.82) is 0 Å². The summed E-state index contributed by atoms with van der Waals surface area (Å²) in [6, 6.07) is 21.9. The van der Waals surface area contributed by atoms with Gasteiger partial charge in [0.1, 0.15) is 5.75 Å². The van der Waals surface area contributed by atoms with Crippen molar-refractivity contribution in [2.45, 2.75) is 6.42 Å². The number of hydrogen-bond donors (Lipinski definition) is 3. The Kier molecular flexibility index (Phi) is 8.35. The van der Waals surface area contributed by atoms with Gasteiger partial charge in [-0.25, -0.2) is 0 Å². The lowest BCUT2D eigenvalue weighted by Gasteiger charge is -2.14. The standard InChI is InChI=1S/C24H22BrN3O3S/c1-31-21-12-11-17(15-19(21)25)22(29)28-24(32)27-20-10-6-5-9-18(20)23(30)26-14-13-16-7-3-2-4-8-16/h2-12,15H,13-14H2,1H3,(H,26,30)(H2,27,28,29,32). The van der Waals surface area contributed by atoms with Gasteiger partial charge < -0.3 is 15.4 Å². The molecule has 0 radical (unpaired) electrons.